The van der Waals surface area contributed by atoms with Gasteiger partial charge in [0.2, 0.25) is 0 Å². The molecule has 1 aromatic carbocycles. The molecule has 10 heteroatoms. The molecule has 2 unspecified atom stereocenters. The van der Waals surface area contributed by atoms with Gasteiger partial charge in [-0.25, -0.2) is 4.79 Å². The van der Waals surface area contributed by atoms with E-state index in [-0.39, 0.29) is 12.6 Å². The number of amides is 2. The van der Waals surface area contributed by atoms with Crippen LogP contribution in [-0.2, 0) is 6.54 Å². The molecule has 2 aromatic heterocycles. The molecule has 2 atom stereocenters. The number of carbonyl (C=O) groups is 1. The van der Waals surface area contributed by atoms with Gasteiger partial charge in [0.25, 0.3) is 0 Å². The molecule has 1 fully saturated rings. The molecule has 1 aliphatic heterocycles. The average molecular weight is 431 g/mol. The van der Waals surface area contributed by atoms with Crippen molar-refractivity contribution >= 4 is 23.3 Å². The van der Waals surface area contributed by atoms with Gasteiger partial charge in [-0.05, 0) is 38.5 Å². The highest BCUT2D eigenvalue weighted by Gasteiger charge is 2.39. The molecule has 0 aliphatic carbocycles. The fourth-order valence-corrected chi connectivity index (χ4v) is 3.86. The van der Waals surface area contributed by atoms with E-state index in [2.05, 4.69) is 20.7 Å². The van der Waals surface area contributed by atoms with Crippen molar-refractivity contribution in [3.63, 3.8) is 0 Å². The normalized spacial score (nSPS) is 18.8. The lowest BCUT2D eigenvalue weighted by molar-refractivity contribution is 0.175. The number of aromatic nitrogens is 4. The molecule has 0 spiro atoms. The number of benzene rings is 1. The van der Waals surface area contributed by atoms with Crippen LogP contribution in [0.4, 0.5) is 10.5 Å². The van der Waals surface area contributed by atoms with Gasteiger partial charge in [0, 0.05) is 18.0 Å². The number of aliphatic hydroxyl groups is 1. The Morgan fingerprint density at radius 1 is 1.27 bits per heavy atom. The van der Waals surface area contributed by atoms with Crippen molar-refractivity contribution < 1.29 is 14.4 Å². The smallest absolute Gasteiger partial charge is 0.322 e. The third-order valence-electron chi connectivity index (χ3n) is 5.32. The molecule has 2 N–H and O–H groups in total. The first-order valence-corrected chi connectivity index (χ1v) is 10.0. The number of hydrogen-bond donors (Lipinski definition) is 2. The highest BCUT2D eigenvalue weighted by molar-refractivity contribution is 6.30. The highest BCUT2D eigenvalue weighted by atomic mass is 35.5. The molecule has 3 aromatic rings. The van der Waals surface area contributed by atoms with E-state index in [1.807, 2.05) is 35.8 Å². The van der Waals surface area contributed by atoms with Crippen LogP contribution >= 0.6 is 11.6 Å². The Labute approximate surface area is 178 Å². The zero-order chi connectivity index (χ0) is 21.4. The Balaban J connectivity index is 1.60. The minimum atomic E-state index is -0.647. The molecule has 158 valence electrons. The maximum absolute atomic E-state index is 13.0. The van der Waals surface area contributed by atoms with Crippen molar-refractivity contribution in [2.45, 2.75) is 45.9 Å². The summed E-state index contributed by atoms with van der Waals surface area (Å²) in [6.07, 6.45) is -0.264. The number of urea groups is 1. The molecule has 9 nitrogen and oxygen atoms in total. The summed E-state index contributed by atoms with van der Waals surface area (Å²) >= 11 is 5.99. The highest BCUT2D eigenvalue weighted by Crippen LogP contribution is 2.33. The number of hydrogen-bond acceptors (Lipinski definition) is 6. The standard InChI is InChI=1S/C20H23ClN6O3/c1-11-18(12(2)30-25-11)22-20(29)27-10-16(28)8-17(27)19-24-23-13(3)26(19)9-14-4-6-15(21)7-5-14/h4-7,16-17,28H,8-10H2,1-3H3,(H,22,29). The third kappa shape index (κ3) is 3.90. The molecule has 0 bridgehead atoms. The van der Waals surface area contributed by atoms with E-state index < -0.39 is 12.1 Å². The summed E-state index contributed by atoms with van der Waals surface area (Å²) in [7, 11) is 0. The zero-order valence-corrected chi connectivity index (χ0v) is 17.7. The number of aryl methyl sites for hydroxylation is 3. The number of carbonyl (C=O) groups excluding carboxylic acids is 1. The quantitative estimate of drug-likeness (QED) is 0.657. The first-order valence-electron chi connectivity index (χ1n) is 9.66. The van der Waals surface area contributed by atoms with Gasteiger partial charge in [-0.3, -0.25) is 0 Å². The largest absolute Gasteiger partial charge is 0.391 e. The zero-order valence-electron chi connectivity index (χ0n) is 17.0. The van der Waals surface area contributed by atoms with Crippen LogP contribution in [0.25, 0.3) is 0 Å². The number of β-amino-alcohol motifs (C(OH)–C–C–N with tert-alkyl or cyclic N) is 1. The van der Waals surface area contributed by atoms with Crippen molar-refractivity contribution in [3.8, 4) is 0 Å². The summed E-state index contributed by atoms with van der Waals surface area (Å²) in [5, 5.41) is 26.2. The van der Waals surface area contributed by atoms with Gasteiger partial charge in [-0.15, -0.1) is 10.2 Å². The molecule has 1 aliphatic rings. The van der Waals surface area contributed by atoms with Crippen molar-refractivity contribution in [2.24, 2.45) is 0 Å². The van der Waals surface area contributed by atoms with Gasteiger partial charge in [-0.1, -0.05) is 28.9 Å². The Hall–Kier alpha value is -2.91. The van der Waals surface area contributed by atoms with E-state index in [0.717, 1.165) is 11.4 Å². The van der Waals surface area contributed by atoms with E-state index in [1.54, 1.807) is 18.7 Å². The van der Waals surface area contributed by atoms with Crippen molar-refractivity contribution in [3.05, 3.63) is 58.0 Å². The fourth-order valence-electron chi connectivity index (χ4n) is 3.73. The molecule has 0 saturated carbocycles. The first-order chi connectivity index (χ1) is 14.3. The second-order valence-corrected chi connectivity index (χ2v) is 7.94. The molecule has 30 heavy (non-hydrogen) atoms. The number of aliphatic hydroxyl groups excluding tert-OH is 1. The van der Waals surface area contributed by atoms with Crippen LogP contribution in [0.15, 0.2) is 28.8 Å². The van der Waals surface area contributed by atoms with Crippen molar-refractivity contribution in [1.29, 1.82) is 0 Å². The lowest BCUT2D eigenvalue weighted by Gasteiger charge is -2.24. The van der Waals surface area contributed by atoms with E-state index in [4.69, 9.17) is 16.1 Å². The molecule has 1 saturated heterocycles. The topological polar surface area (TPSA) is 109 Å². The minimum absolute atomic E-state index is 0.201. The van der Waals surface area contributed by atoms with Crippen molar-refractivity contribution in [2.75, 3.05) is 11.9 Å². The number of likely N-dealkylation sites (tertiary alicyclic amines) is 1. The number of rotatable bonds is 4. The van der Waals surface area contributed by atoms with Gasteiger partial charge in [0.15, 0.2) is 11.6 Å². The molecular formula is C20H23ClN6O3. The average Bonchev–Trinajstić information content (AvgIpc) is 3.37. The second kappa shape index (κ2) is 8.08. The van der Waals surface area contributed by atoms with E-state index in [0.29, 0.717) is 41.0 Å². The Morgan fingerprint density at radius 3 is 2.67 bits per heavy atom. The first kappa shape index (κ1) is 20.4. The Morgan fingerprint density at radius 2 is 2.00 bits per heavy atom. The van der Waals surface area contributed by atoms with E-state index in [1.165, 1.54) is 0 Å². The lowest BCUT2D eigenvalue weighted by Crippen LogP contribution is -2.36. The third-order valence-corrected chi connectivity index (χ3v) is 5.57. The van der Waals surface area contributed by atoms with Gasteiger partial charge in [0.1, 0.15) is 17.2 Å². The monoisotopic (exact) mass is 430 g/mol. The summed E-state index contributed by atoms with van der Waals surface area (Å²) in [6.45, 7) is 6.10. The number of nitrogens with one attached hydrogen (secondary N) is 1. The lowest BCUT2D eigenvalue weighted by atomic mass is 10.1. The maximum atomic E-state index is 13.0. The van der Waals surface area contributed by atoms with Crippen LogP contribution in [0.5, 0.6) is 0 Å². The van der Waals surface area contributed by atoms with Gasteiger partial charge < -0.3 is 24.4 Å². The number of anilines is 1. The SMILES string of the molecule is Cc1noc(C)c1NC(=O)N1CC(O)CC1c1nnc(C)n1Cc1ccc(Cl)cc1. The summed E-state index contributed by atoms with van der Waals surface area (Å²) in [5.41, 5.74) is 2.17. The Kier molecular flexibility index (Phi) is 5.48. The van der Waals surface area contributed by atoms with Gasteiger partial charge in [0.05, 0.1) is 18.7 Å². The molecule has 0 radical (unpaired) electrons. The summed E-state index contributed by atoms with van der Waals surface area (Å²) in [6, 6.07) is 6.80. The van der Waals surface area contributed by atoms with Gasteiger partial charge in [-0.2, -0.15) is 0 Å². The van der Waals surface area contributed by atoms with Crippen LogP contribution in [-0.4, -0.2) is 48.6 Å². The molecule has 2 amide bonds. The summed E-state index contributed by atoms with van der Waals surface area (Å²) in [5.74, 6) is 1.89. The minimum Gasteiger partial charge on any atom is -0.391 e. The molecule has 4 rings (SSSR count). The van der Waals surface area contributed by atoms with Crippen LogP contribution in [0.1, 0.15) is 41.1 Å². The summed E-state index contributed by atoms with van der Waals surface area (Å²) in [4.78, 5) is 14.6. The predicted molar refractivity (Wildman–Crippen MR) is 110 cm³/mol. The Bertz CT molecular complexity index is 1040. The second-order valence-electron chi connectivity index (χ2n) is 7.51. The predicted octanol–water partition coefficient (Wildman–Crippen LogP) is 3.23. The maximum Gasteiger partial charge on any atom is 0.322 e. The number of halogens is 1. The molecular weight excluding hydrogens is 408 g/mol. The molecule has 3 heterocycles. The summed E-state index contributed by atoms with van der Waals surface area (Å²) < 4.78 is 7.08. The number of nitrogens with zero attached hydrogens (tertiary/aromatic N) is 5. The van der Waals surface area contributed by atoms with Crippen LogP contribution in [0, 0.1) is 20.8 Å². The van der Waals surface area contributed by atoms with Crippen LogP contribution in [0.2, 0.25) is 5.02 Å². The van der Waals surface area contributed by atoms with E-state index >= 15 is 0 Å². The van der Waals surface area contributed by atoms with Crippen LogP contribution in [0.3, 0.4) is 0 Å². The van der Waals surface area contributed by atoms with Crippen molar-refractivity contribution in [1.82, 2.24) is 24.8 Å². The van der Waals surface area contributed by atoms with Crippen LogP contribution < -0.4 is 5.32 Å². The fraction of sp³-hybridized carbons (Fsp3) is 0.400. The van der Waals surface area contributed by atoms with E-state index in [9.17, 15) is 9.90 Å². The van der Waals surface area contributed by atoms with Gasteiger partial charge >= 0.3 is 6.03 Å².